The summed E-state index contributed by atoms with van der Waals surface area (Å²) in [4.78, 5) is 0. The van der Waals surface area contributed by atoms with Crippen molar-refractivity contribution in [3.63, 3.8) is 0 Å². The van der Waals surface area contributed by atoms with Gasteiger partial charge in [-0.3, -0.25) is 0 Å². The zero-order valence-corrected chi connectivity index (χ0v) is 15.4. The van der Waals surface area contributed by atoms with Crippen molar-refractivity contribution in [1.29, 1.82) is 0 Å². The summed E-state index contributed by atoms with van der Waals surface area (Å²) >= 11 is 0. The lowest BCUT2D eigenvalue weighted by atomic mass is 10.1. The Labute approximate surface area is 146 Å². The highest BCUT2D eigenvalue weighted by Crippen LogP contribution is 2.21. The summed E-state index contributed by atoms with van der Waals surface area (Å²) in [5.74, 6) is 2.38. The SMILES string of the molecule is Cc1ccc(C)c(O[C@H](C)CNc2cccc(OCC(C)C)c2)c1. The van der Waals surface area contributed by atoms with Gasteiger partial charge in [0.2, 0.25) is 0 Å². The molecule has 24 heavy (non-hydrogen) atoms. The Morgan fingerprint density at radius 1 is 1.00 bits per heavy atom. The van der Waals surface area contributed by atoms with Gasteiger partial charge in [0.1, 0.15) is 17.6 Å². The first-order chi connectivity index (χ1) is 11.4. The Hall–Kier alpha value is -2.16. The van der Waals surface area contributed by atoms with E-state index < -0.39 is 0 Å². The molecule has 0 saturated heterocycles. The molecular weight excluding hydrogens is 298 g/mol. The number of rotatable bonds is 8. The van der Waals surface area contributed by atoms with E-state index in [1.54, 1.807) is 0 Å². The van der Waals surface area contributed by atoms with Crippen LogP contribution in [-0.4, -0.2) is 19.3 Å². The summed E-state index contributed by atoms with van der Waals surface area (Å²) < 4.78 is 11.8. The van der Waals surface area contributed by atoms with E-state index in [1.807, 2.05) is 24.3 Å². The molecule has 2 aromatic carbocycles. The third-order valence-electron chi connectivity index (χ3n) is 3.68. The standard InChI is InChI=1S/C21H29NO2/c1-15(2)14-23-20-8-6-7-19(12-20)22-13-18(5)24-21-11-16(3)9-10-17(21)4/h6-12,15,18,22H,13-14H2,1-5H3/t18-/m1/s1. The van der Waals surface area contributed by atoms with Crippen LogP contribution >= 0.6 is 0 Å². The maximum absolute atomic E-state index is 6.06. The Morgan fingerprint density at radius 2 is 1.79 bits per heavy atom. The van der Waals surface area contributed by atoms with Gasteiger partial charge in [0.05, 0.1) is 13.2 Å². The van der Waals surface area contributed by atoms with Gasteiger partial charge in [0, 0.05) is 11.8 Å². The molecule has 0 radical (unpaired) electrons. The van der Waals surface area contributed by atoms with Crippen molar-refractivity contribution in [3.05, 3.63) is 53.6 Å². The van der Waals surface area contributed by atoms with Crippen molar-refractivity contribution in [1.82, 2.24) is 0 Å². The van der Waals surface area contributed by atoms with Crippen LogP contribution in [0.5, 0.6) is 11.5 Å². The predicted octanol–water partition coefficient (Wildman–Crippen LogP) is 5.22. The molecule has 0 aliphatic heterocycles. The van der Waals surface area contributed by atoms with Crippen molar-refractivity contribution < 1.29 is 9.47 Å². The first-order valence-electron chi connectivity index (χ1n) is 8.64. The van der Waals surface area contributed by atoms with Crippen LogP contribution < -0.4 is 14.8 Å². The molecule has 3 nitrogen and oxygen atoms in total. The number of ether oxygens (including phenoxy) is 2. The third-order valence-corrected chi connectivity index (χ3v) is 3.68. The zero-order valence-electron chi connectivity index (χ0n) is 15.4. The van der Waals surface area contributed by atoms with Gasteiger partial charge in [-0.1, -0.05) is 32.0 Å². The van der Waals surface area contributed by atoms with Crippen molar-refractivity contribution >= 4 is 5.69 Å². The van der Waals surface area contributed by atoms with Gasteiger partial charge in [0.25, 0.3) is 0 Å². The van der Waals surface area contributed by atoms with Gasteiger partial charge >= 0.3 is 0 Å². The second-order valence-electron chi connectivity index (χ2n) is 6.81. The van der Waals surface area contributed by atoms with E-state index in [0.717, 1.165) is 35.9 Å². The molecule has 1 atom stereocenters. The van der Waals surface area contributed by atoms with Gasteiger partial charge in [-0.15, -0.1) is 0 Å². The summed E-state index contributed by atoms with van der Waals surface area (Å²) in [6.45, 7) is 12.0. The first-order valence-corrected chi connectivity index (χ1v) is 8.64. The highest BCUT2D eigenvalue weighted by atomic mass is 16.5. The molecule has 0 heterocycles. The number of hydrogen-bond acceptors (Lipinski definition) is 3. The topological polar surface area (TPSA) is 30.5 Å². The van der Waals surface area contributed by atoms with Crippen LogP contribution in [0.1, 0.15) is 31.9 Å². The molecule has 0 fully saturated rings. The second-order valence-corrected chi connectivity index (χ2v) is 6.81. The summed E-state index contributed by atoms with van der Waals surface area (Å²) in [6.07, 6.45) is 0.0748. The molecule has 1 N–H and O–H groups in total. The van der Waals surface area contributed by atoms with Gasteiger partial charge in [-0.2, -0.15) is 0 Å². The van der Waals surface area contributed by atoms with Crippen LogP contribution in [0, 0.1) is 19.8 Å². The van der Waals surface area contributed by atoms with Crippen LogP contribution in [0.3, 0.4) is 0 Å². The Morgan fingerprint density at radius 3 is 2.54 bits per heavy atom. The minimum atomic E-state index is 0.0748. The number of benzene rings is 2. The van der Waals surface area contributed by atoms with E-state index >= 15 is 0 Å². The second kappa shape index (κ2) is 8.62. The van der Waals surface area contributed by atoms with Crippen molar-refractivity contribution in [2.24, 2.45) is 5.92 Å². The van der Waals surface area contributed by atoms with E-state index in [4.69, 9.17) is 9.47 Å². The van der Waals surface area contributed by atoms with E-state index in [1.165, 1.54) is 5.56 Å². The monoisotopic (exact) mass is 327 g/mol. The van der Waals surface area contributed by atoms with E-state index in [0.29, 0.717) is 5.92 Å². The molecule has 130 valence electrons. The van der Waals surface area contributed by atoms with Gasteiger partial charge in [-0.25, -0.2) is 0 Å². The molecule has 3 heteroatoms. The van der Waals surface area contributed by atoms with E-state index in [-0.39, 0.29) is 6.10 Å². The Kier molecular flexibility index (Phi) is 6.53. The average Bonchev–Trinajstić information content (AvgIpc) is 2.55. The molecule has 0 spiro atoms. The molecule has 0 aromatic heterocycles. The molecule has 0 saturated carbocycles. The van der Waals surface area contributed by atoms with Crippen molar-refractivity contribution in [2.45, 2.75) is 40.7 Å². The third kappa shape index (κ3) is 5.80. The molecule has 0 amide bonds. The smallest absolute Gasteiger partial charge is 0.122 e. The van der Waals surface area contributed by atoms with Gasteiger partial charge in [-0.05, 0) is 56.0 Å². The number of nitrogens with one attached hydrogen (secondary N) is 1. The van der Waals surface area contributed by atoms with Crippen LogP contribution in [0.25, 0.3) is 0 Å². The van der Waals surface area contributed by atoms with Crippen LogP contribution in [-0.2, 0) is 0 Å². The Bertz CT molecular complexity index is 652. The fourth-order valence-electron chi connectivity index (χ4n) is 2.31. The maximum Gasteiger partial charge on any atom is 0.122 e. The highest BCUT2D eigenvalue weighted by molar-refractivity contribution is 5.48. The quantitative estimate of drug-likeness (QED) is 0.721. The number of anilines is 1. The highest BCUT2D eigenvalue weighted by Gasteiger charge is 2.07. The molecule has 0 aliphatic carbocycles. The first kappa shape index (κ1) is 18.2. The summed E-state index contributed by atoms with van der Waals surface area (Å²) in [7, 11) is 0. The lowest BCUT2D eigenvalue weighted by Gasteiger charge is -2.18. The fourth-order valence-corrected chi connectivity index (χ4v) is 2.31. The number of hydrogen-bond donors (Lipinski definition) is 1. The fraction of sp³-hybridized carbons (Fsp3) is 0.429. The molecular formula is C21H29NO2. The number of aryl methyl sites for hydroxylation is 2. The van der Waals surface area contributed by atoms with E-state index in [2.05, 4.69) is 58.1 Å². The molecule has 0 unspecified atom stereocenters. The van der Waals surface area contributed by atoms with Crippen LogP contribution in [0.15, 0.2) is 42.5 Å². The van der Waals surface area contributed by atoms with E-state index in [9.17, 15) is 0 Å². The minimum Gasteiger partial charge on any atom is -0.493 e. The van der Waals surface area contributed by atoms with Crippen LogP contribution in [0.2, 0.25) is 0 Å². The van der Waals surface area contributed by atoms with Gasteiger partial charge < -0.3 is 14.8 Å². The van der Waals surface area contributed by atoms with Crippen LogP contribution in [0.4, 0.5) is 5.69 Å². The predicted molar refractivity (Wildman–Crippen MR) is 101 cm³/mol. The lowest BCUT2D eigenvalue weighted by Crippen LogP contribution is -2.23. The summed E-state index contributed by atoms with van der Waals surface area (Å²) in [6, 6.07) is 14.4. The normalized spacial score (nSPS) is 12.1. The molecule has 2 aromatic rings. The summed E-state index contributed by atoms with van der Waals surface area (Å²) in [5, 5.41) is 3.42. The lowest BCUT2D eigenvalue weighted by molar-refractivity contribution is 0.233. The van der Waals surface area contributed by atoms with Gasteiger partial charge in [0.15, 0.2) is 0 Å². The molecule has 0 aliphatic rings. The average molecular weight is 327 g/mol. The molecule has 0 bridgehead atoms. The Balaban J connectivity index is 1.88. The maximum atomic E-state index is 6.06. The molecule has 2 rings (SSSR count). The minimum absolute atomic E-state index is 0.0748. The van der Waals surface area contributed by atoms with Crippen molar-refractivity contribution in [3.8, 4) is 11.5 Å². The summed E-state index contributed by atoms with van der Waals surface area (Å²) in [5.41, 5.74) is 3.43. The zero-order chi connectivity index (χ0) is 17.5. The largest absolute Gasteiger partial charge is 0.493 e. The van der Waals surface area contributed by atoms with Crippen molar-refractivity contribution in [2.75, 3.05) is 18.5 Å².